The van der Waals surface area contributed by atoms with Crippen LogP contribution in [0, 0.1) is 6.92 Å². The van der Waals surface area contributed by atoms with Crippen molar-refractivity contribution in [3.63, 3.8) is 0 Å². The Labute approximate surface area is 93.6 Å². The summed E-state index contributed by atoms with van der Waals surface area (Å²) in [6.45, 7) is 2.15. The van der Waals surface area contributed by atoms with Gasteiger partial charge in [0.05, 0.1) is 0 Å². The highest BCUT2D eigenvalue weighted by molar-refractivity contribution is 7.08. The molecule has 0 radical (unpaired) electrons. The molecule has 2 N–H and O–H groups in total. The summed E-state index contributed by atoms with van der Waals surface area (Å²) in [5.74, 6) is 1.03. The highest BCUT2D eigenvalue weighted by atomic mass is 32.1. The fraction of sp³-hybridized carbons (Fsp3) is 0.364. The first kappa shape index (κ1) is 10.4. The van der Waals surface area contributed by atoms with Crippen molar-refractivity contribution in [2.45, 2.75) is 19.4 Å². The van der Waals surface area contributed by atoms with Crippen LogP contribution in [0.25, 0.3) is 0 Å². The second kappa shape index (κ2) is 4.59. The topological polar surface area (TPSA) is 40.7 Å². The molecule has 3 nitrogen and oxygen atoms in total. The van der Waals surface area contributed by atoms with Gasteiger partial charge in [-0.1, -0.05) is 0 Å². The van der Waals surface area contributed by atoms with E-state index in [1.54, 1.807) is 17.5 Å². The number of H-pyrrole nitrogens is 1. The summed E-state index contributed by atoms with van der Waals surface area (Å²) in [7, 11) is 1.99. The molecule has 0 aromatic carbocycles. The number of aromatic nitrogens is 2. The van der Waals surface area contributed by atoms with E-state index in [1.807, 2.05) is 13.2 Å². The van der Waals surface area contributed by atoms with E-state index in [4.69, 9.17) is 0 Å². The number of aryl methyl sites for hydroxylation is 1. The van der Waals surface area contributed by atoms with Crippen LogP contribution in [0.4, 0.5) is 0 Å². The lowest BCUT2D eigenvalue weighted by atomic mass is 10.0. The van der Waals surface area contributed by atoms with Crippen LogP contribution in [0.5, 0.6) is 0 Å². The Balaban J connectivity index is 2.15. The number of hydrogen-bond donors (Lipinski definition) is 2. The average Bonchev–Trinajstić information content (AvgIpc) is 2.85. The van der Waals surface area contributed by atoms with E-state index in [-0.39, 0.29) is 0 Å². The Bertz CT molecular complexity index is 405. The highest BCUT2D eigenvalue weighted by Crippen LogP contribution is 2.23. The smallest absolute Gasteiger partial charge is 0.107 e. The zero-order valence-electron chi connectivity index (χ0n) is 8.95. The van der Waals surface area contributed by atoms with Crippen molar-refractivity contribution in [1.29, 1.82) is 0 Å². The van der Waals surface area contributed by atoms with Crippen LogP contribution in [-0.4, -0.2) is 17.0 Å². The van der Waals surface area contributed by atoms with E-state index in [0.717, 1.165) is 12.2 Å². The van der Waals surface area contributed by atoms with Crippen molar-refractivity contribution in [2.75, 3.05) is 7.05 Å². The maximum atomic E-state index is 4.25. The van der Waals surface area contributed by atoms with E-state index < -0.39 is 0 Å². The van der Waals surface area contributed by atoms with Crippen LogP contribution in [-0.2, 0) is 6.42 Å². The molecular formula is C11H15N3S. The van der Waals surface area contributed by atoms with Gasteiger partial charge in [-0.3, -0.25) is 0 Å². The minimum Gasteiger partial charge on any atom is -0.349 e. The van der Waals surface area contributed by atoms with Gasteiger partial charge in [-0.05, 0) is 35.9 Å². The first-order chi connectivity index (χ1) is 7.31. The summed E-state index contributed by atoms with van der Waals surface area (Å²) in [4.78, 5) is 7.39. The van der Waals surface area contributed by atoms with Crippen LogP contribution in [0.1, 0.15) is 23.0 Å². The molecule has 0 aliphatic carbocycles. The zero-order chi connectivity index (χ0) is 10.7. The molecule has 15 heavy (non-hydrogen) atoms. The second-order valence-electron chi connectivity index (χ2n) is 3.59. The molecule has 0 fully saturated rings. The molecule has 0 spiro atoms. The number of thiophene rings is 1. The minimum absolute atomic E-state index is 0.349. The maximum Gasteiger partial charge on any atom is 0.107 e. The standard InChI is InChI=1S/C11H15N3S/c1-8-6-15-7-9(8)10(12-2)5-11-13-3-4-14-11/h3-4,6-7,10,12H,5H2,1-2H3,(H,13,14). The number of likely N-dealkylation sites (N-methyl/N-ethyl adjacent to an activating group) is 1. The molecule has 1 unspecified atom stereocenters. The summed E-state index contributed by atoms with van der Waals surface area (Å²) < 4.78 is 0. The molecule has 0 saturated carbocycles. The number of nitrogens with zero attached hydrogens (tertiary/aromatic N) is 1. The first-order valence-electron chi connectivity index (χ1n) is 4.99. The molecular weight excluding hydrogens is 206 g/mol. The van der Waals surface area contributed by atoms with E-state index >= 15 is 0 Å². The molecule has 2 aromatic heterocycles. The molecule has 4 heteroatoms. The summed E-state index contributed by atoms with van der Waals surface area (Å²) in [5.41, 5.74) is 2.73. The van der Waals surface area contributed by atoms with Crippen molar-refractivity contribution < 1.29 is 0 Å². The Morgan fingerprint density at radius 1 is 1.53 bits per heavy atom. The number of nitrogens with one attached hydrogen (secondary N) is 2. The molecule has 0 amide bonds. The third-order valence-electron chi connectivity index (χ3n) is 2.57. The molecule has 2 heterocycles. The Kier molecular flexibility index (Phi) is 3.18. The van der Waals surface area contributed by atoms with Gasteiger partial charge in [0.2, 0.25) is 0 Å². The maximum absolute atomic E-state index is 4.25. The second-order valence-corrected chi connectivity index (χ2v) is 4.33. The predicted molar refractivity (Wildman–Crippen MR) is 63.1 cm³/mol. The Hall–Kier alpha value is -1.13. The highest BCUT2D eigenvalue weighted by Gasteiger charge is 2.14. The van der Waals surface area contributed by atoms with Crippen LogP contribution >= 0.6 is 11.3 Å². The zero-order valence-corrected chi connectivity index (χ0v) is 9.77. The lowest BCUT2D eigenvalue weighted by Crippen LogP contribution is -2.19. The molecule has 2 aromatic rings. The van der Waals surface area contributed by atoms with E-state index in [0.29, 0.717) is 6.04 Å². The van der Waals surface area contributed by atoms with Gasteiger partial charge in [0.25, 0.3) is 0 Å². The summed E-state index contributed by atoms with van der Waals surface area (Å²) in [6, 6.07) is 0.349. The largest absolute Gasteiger partial charge is 0.349 e. The van der Waals surface area contributed by atoms with Crippen LogP contribution in [0.15, 0.2) is 23.2 Å². The number of aromatic amines is 1. The first-order valence-corrected chi connectivity index (χ1v) is 5.93. The van der Waals surface area contributed by atoms with E-state index in [9.17, 15) is 0 Å². The molecule has 0 bridgehead atoms. The fourth-order valence-electron chi connectivity index (χ4n) is 1.70. The molecule has 2 rings (SSSR count). The van der Waals surface area contributed by atoms with Crippen molar-refractivity contribution >= 4 is 11.3 Å². The van der Waals surface area contributed by atoms with Crippen molar-refractivity contribution in [3.8, 4) is 0 Å². The van der Waals surface area contributed by atoms with Gasteiger partial charge in [0.15, 0.2) is 0 Å². The van der Waals surface area contributed by atoms with Gasteiger partial charge < -0.3 is 10.3 Å². The quantitative estimate of drug-likeness (QED) is 0.831. The predicted octanol–water partition coefficient (Wildman–Crippen LogP) is 2.28. The Morgan fingerprint density at radius 2 is 2.40 bits per heavy atom. The number of hydrogen-bond acceptors (Lipinski definition) is 3. The third kappa shape index (κ3) is 2.27. The van der Waals surface area contributed by atoms with Gasteiger partial charge in [-0.2, -0.15) is 11.3 Å². The van der Waals surface area contributed by atoms with Gasteiger partial charge in [0, 0.05) is 24.9 Å². The minimum atomic E-state index is 0.349. The SMILES string of the molecule is CNC(Cc1ncc[nH]1)c1cscc1C. The third-order valence-corrected chi connectivity index (χ3v) is 3.45. The number of imidazole rings is 1. The van der Waals surface area contributed by atoms with Gasteiger partial charge in [-0.25, -0.2) is 4.98 Å². The van der Waals surface area contributed by atoms with E-state index in [1.165, 1.54) is 11.1 Å². The average molecular weight is 221 g/mol. The van der Waals surface area contributed by atoms with Crippen molar-refractivity contribution in [2.24, 2.45) is 0 Å². The van der Waals surface area contributed by atoms with Gasteiger partial charge in [-0.15, -0.1) is 0 Å². The summed E-state index contributed by atoms with van der Waals surface area (Å²) >= 11 is 1.75. The summed E-state index contributed by atoms with van der Waals surface area (Å²) in [6.07, 6.45) is 4.56. The number of rotatable bonds is 4. The monoisotopic (exact) mass is 221 g/mol. The normalized spacial score (nSPS) is 12.9. The lowest BCUT2D eigenvalue weighted by molar-refractivity contribution is 0.577. The van der Waals surface area contributed by atoms with Gasteiger partial charge in [0.1, 0.15) is 5.82 Å². The van der Waals surface area contributed by atoms with Gasteiger partial charge >= 0.3 is 0 Å². The van der Waals surface area contributed by atoms with Crippen LogP contribution in [0.3, 0.4) is 0 Å². The molecule has 80 valence electrons. The molecule has 0 saturated heterocycles. The van der Waals surface area contributed by atoms with Crippen molar-refractivity contribution in [3.05, 3.63) is 40.1 Å². The Morgan fingerprint density at radius 3 is 2.93 bits per heavy atom. The molecule has 0 aliphatic heterocycles. The molecule has 0 aliphatic rings. The molecule has 1 atom stereocenters. The van der Waals surface area contributed by atoms with Crippen molar-refractivity contribution in [1.82, 2.24) is 15.3 Å². The van der Waals surface area contributed by atoms with E-state index in [2.05, 4.69) is 33.0 Å². The lowest BCUT2D eigenvalue weighted by Gasteiger charge is -2.14. The van der Waals surface area contributed by atoms with Crippen LogP contribution in [0.2, 0.25) is 0 Å². The van der Waals surface area contributed by atoms with Crippen LogP contribution < -0.4 is 5.32 Å². The summed E-state index contributed by atoms with van der Waals surface area (Å²) in [5, 5.41) is 7.72. The fourth-order valence-corrected chi connectivity index (χ4v) is 2.60.